The number of quaternary nitrogens is 1. The zero-order valence-corrected chi connectivity index (χ0v) is 34.6. The maximum Gasteiger partial charge on any atom is 0.265 e. The maximum atomic E-state index is 12.8. The SMILES string of the molecule is CC1(C)O[C@@H]2[C@@H](COP(=O)([O-])O)C[C@@H]([n+]3cnc4c(ncn4[C@@H]4O[C@H](COP(=O)([O-])Sc5ccccc5)[C@H]5OC(C)(C)O[C@H]54)c3N)[C@@H]2O1.CC[NH+](CC)CC. The molecule has 4 fully saturated rings. The number of hydrogen-bond acceptors (Lipinski definition) is 15. The fourth-order valence-electron chi connectivity index (χ4n) is 7.67. The Labute approximate surface area is 324 Å². The Balaban J connectivity index is 0.000000672. The van der Waals surface area contributed by atoms with E-state index in [-0.39, 0.29) is 19.0 Å². The molecule has 10 atom stereocenters. The summed E-state index contributed by atoms with van der Waals surface area (Å²) in [5.41, 5.74) is 7.42. The minimum absolute atomic E-state index is 0.262. The predicted octanol–water partition coefficient (Wildman–Crippen LogP) is 1.49. The average Bonchev–Trinajstić information content (AvgIpc) is 3.90. The molecule has 2 unspecified atom stereocenters. The molecule has 0 amide bonds. The number of ether oxygens (including phenoxy) is 5. The van der Waals surface area contributed by atoms with Gasteiger partial charge in [0, 0.05) is 10.8 Å². The summed E-state index contributed by atoms with van der Waals surface area (Å²) in [6.45, 7) is 12.6. The minimum atomic E-state index is -4.95. The Hall–Kier alpha value is -2.06. The number of aromatic nitrogens is 4. The minimum Gasteiger partial charge on any atom is -0.770 e. The summed E-state index contributed by atoms with van der Waals surface area (Å²) in [6, 6.07) is 8.20. The van der Waals surface area contributed by atoms with Crippen LogP contribution in [0.5, 0.6) is 0 Å². The van der Waals surface area contributed by atoms with Gasteiger partial charge >= 0.3 is 0 Å². The summed E-state index contributed by atoms with van der Waals surface area (Å²) in [5, 5.41) is 0. The van der Waals surface area contributed by atoms with Crippen LogP contribution in [0.4, 0.5) is 5.82 Å². The van der Waals surface area contributed by atoms with E-state index in [1.807, 2.05) is 0 Å². The van der Waals surface area contributed by atoms with Crippen LogP contribution in [0, 0.1) is 5.92 Å². The van der Waals surface area contributed by atoms with E-state index in [2.05, 4.69) is 30.7 Å². The first kappa shape index (κ1) is 42.5. The number of phosphoric acid groups is 1. The number of hydrogen-bond donors (Lipinski definition) is 3. The normalized spacial score (nSPS) is 31.5. The van der Waals surface area contributed by atoms with Crippen molar-refractivity contribution in [1.82, 2.24) is 14.5 Å². The van der Waals surface area contributed by atoms with E-state index in [1.54, 1.807) is 72.1 Å². The molecule has 1 saturated carbocycles. The second kappa shape index (κ2) is 16.7. The molecule has 1 aliphatic carbocycles. The van der Waals surface area contributed by atoms with Crippen LogP contribution in [-0.2, 0) is 41.9 Å². The highest BCUT2D eigenvalue weighted by atomic mass is 32.7. The molecule has 1 aromatic carbocycles. The molecule has 3 saturated heterocycles. The molecule has 0 bridgehead atoms. The molecule has 18 nitrogen and oxygen atoms in total. The Morgan fingerprint density at radius 1 is 0.945 bits per heavy atom. The molecule has 21 heteroatoms. The van der Waals surface area contributed by atoms with Crippen molar-refractivity contribution >= 4 is 43.0 Å². The first-order chi connectivity index (χ1) is 25.8. The third kappa shape index (κ3) is 9.81. The first-order valence-corrected chi connectivity index (χ1v) is 22.9. The number of rotatable bonds is 13. The van der Waals surface area contributed by atoms with E-state index in [4.69, 9.17) is 38.5 Å². The molecule has 5 heterocycles. The van der Waals surface area contributed by atoms with Crippen LogP contribution < -0.4 is 25.0 Å². The number of nitrogens with one attached hydrogen (secondary N) is 1. The van der Waals surface area contributed by atoms with Gasteiger partial charge in [0.15, 0.2) is 30.1 Å². The third-order valence-corrected chi connectivity index (χ3v) is 13.5. The van der Waals surface area contributed by atoms with Crippen molar-refractivity contribution in [3.63, 3.8) is 0 Å². The van der Waals surface area contributed by atoms with Crippen molar-refractivity contribution in [2.45, 2.75) is 114 Å². The van der Waals surface area contributed by atoms with Gasteiger partial charge in [-0.15, -0.1) is 0 Å². The van der Waals surface area contributed by atoms with Crippen LogP contribution in [0.3, 0.4) is 0 Å². The number of anilines is 1. The summed E-state index contributed by atoms with van der Waals surface area (Å²) in [7, 11) is -4.95. The number of phosphoric ester groups is 1. The lowest BCUT2D eigenvalue weighted by molar-refractivity contribution is -0.894. The first-order valence-electron chi connectivity index (χ1n) is 18.4. The fourth-order valence-corrected chi connectivity index (χ4v) is 10.4. The molecule has 306 valence electrons. The summed E-state index contributed by atoms with van der Waals surface area (Å²) in [5.74, 6) is -2.10. The Morgan fingerprint density at radius 2 is 1.56 bits per heavy atom. The van der Waals surface area contributed by atoms with Crippen LogP contribution in [0.15, 0.2) is 47.9 Å². The Bertz CT molecular complexity index is 1880. The number of benzene rings is 1. The molecule has 7 rings (SSSR count). The quantitative estimate of drug-likeness (QED) is 0.164. The van der Waals surface area contributed by atoms with Gasteiger partial charge in [-0.05, 0) is 78.4 Å². The number of nitrogens with zero attached hydrogens (tertiary/aromatic N) is 4. The van der Waals surface area contributed by atoms with Gasteiger partial charge < -0.3 is 58.0 Å². The van der Waals surface area contributed by atoms with Crippen molar-refractivity contribution in [2.75, 3.05) is 38.6 Å². The Kier molecular flexibility index (Phi) is 12.9. The smallest absolute Gasteiger partial charge is 0.265 e. The van der Waals surface area contributed by atoms with Crippen molar-refractivity contribution in [1.29, 1.82) is 0 Å². The summed E-state index contributed by atoms with van der Waals surface area (Å²) in [6.07, 6.45) is -0.554. The van der Waals surface area contributed by atoms with Crippen molar-refractivity contribution in [3.8, 4) is 0 Å². The van der Waals surface area contributed by atoms with Gasteiger partial charge in [-0.2, -0.15) is 0 Å². The van der Waals surface area contributed by atoms with Crippen LogP contribution in [-0.4, -0.2) is 94.4 Å². The molecule has 2 aromatic heterocycles. The number of nitrogen functional groups attached to an aromatic ring is 1. The van der Waals surface area contributed by atoms with E-state index in [9.17, 15) is 23.8 Å². The molecule has 3 aromatic rings. The lowest BCUT2D eigenvalue weighted by atomic mass is 10.1. The van der Waals surface area contributed by atoms with Crippen molar-refractivity contribution < 1.29 is 66.0 Å². The van der Waals surface area contributed by atoms with Crippen molar-refractivity contribution in [2.24, 2.45) is 5.92 Å². The molecule has 0 spiro atoms. The van der Waals surface area contributed by atoms with Gasteiger partial charge in [0.1, 0.15) is 36.8 Å². The summed E-state index contributed by atoms with van der Waals surface area (Å²) in [4.78, 5) is 44.7. The molecular formula is C34H52N6O12P2S. The highest BCUT2D eigenvalue weighted by Gasteiger charge is 2.58. The van der Waals surface area contributed by atoms with Gasteiger partial charge in [0.2, 0.25) is 12.0 Å². The van der Waals surface area contributed by atoms with E-state index in [0.717, 1.165) is 0 Å². The number of nitrogens with two attached hydrogens (primary N) is 1. The summed E-state index contributed by atoms with van der Waals surface area (Å²) < 4.78 is 68.5. The monoisotopic (exact) mass is 830 g/mol. The van der Waals surface area contributed by atoms with Crippen LogP contribution in [0.25, 0.3) is 11.2 Å². The number of imidazole rings is 1. The van der Waals surface area contributed by atoms with E-state index < -0.39 is 74.9 Å². The highest BCUT2D eigenvalue weighted by Crippen LogP contribution is 2.56. The molecule has 0 radical (unpaired) electrons. The van der Waals surface area contributed by atoms with Gasteiger partial charge in [0.05, 0.1) is 39.0 Å². The maximum absolute atomic E-state index is 12.8. The van der Waals surface area contributed by atoms with Crippen LogP contribution in [0.1, 0.15) is 67.2 Å². The summed E-state index contributed by atoms with van der Waals surface area (Å²) >= 11 is 0.625. The number of fused-ring (bicyclic) bond motifs is 3. The van der Waals surface area contributed by atoms with E-state index in [0.29, 0.717) is 33.9 Å². The highest BCUT2D eigenvalue weighted by molar-refractivity contribution is 8.54. The predicted molar refractivity (Wildman–Crippen MR) is 195 cm³/mol. The molecule has 55 heavy (non-hydrogen) atoms. The van der Waals surface area contributed by atoms with Gasteiger partial charge in [0.25, 0.3) is 13.6 Å². The molecule has 4 aliphatic rings. The van der Waals surface area contributed by atoms with Gasteiger partial charge in [-0.1, -0.05) is 23.2 Å². The lowest BCUT2D eigenvalue weighted by Crippen LogP contribution is -3.11. The lowest BCUT2D eigenvalue weighted by Gasteiger charge is -2.27. The van der Waals surface area contributed by atoms with E-state index in [1.165, 1.54) is 32.3 Å². The van der Waals surface area contributed by atoms with E-state index >= 15 is 0 Å². The van der Waals surface area contributed by atoms with Crippen LogP contribution >= 0.6 is 26.0 Å². The Morgan fingerprint density at radius 3 is 2.18 bits per heavy atom. The van der Waals surface area contributed by atoms with Crippen LogP contribution in [0.2, 0.25) is 0 Å². The largest absolute Gasteiger partial charge is 0.770 e. The van der Waals surface area contributed by atoms with Gasteiger partial charge in [-0.25, -0.2) is 9.55 Å². The van der Waals surface area contributed by atoms with Crippen molar-refractivity contribution in [3.05, 3.63) is 43.0 Å². The molecule has 4 N–H and O–H groups in total. The average molecular weight is 831 g/mol. The molecular weight excluding hydrogens is 778 g/mol. The topological polar surface area (TPSA) is 230 Å². The van der Waals surface area contributed by atoms with Gasteiger partial charge in [-0.3, -0.25) is 13.7 Å². The second-order valence-corrected chi connectivity index (χ2v) is 19.7. The zero-order valence-electron chi connectivity index (χ0n) is 32.0. The second-order valence-electron chi connectivity index (χ2n) is 14.8. The zero-order chi connectivity index (χ0) is 39.9. The fraction of sp³-hybridized carbons (Fsp3) is 0.676. The standard InChI is InChI=1S/C28H37N5O12P2S.C6H15N/c1-27(2)42-20-15(11-39-46(34,35)36)10-17(21(20)43-27)32-14-31-25-19(24(32)29)30-13-33(25)26-23-22(44-28(3,4)45-23)18(41-26)12-40-47(37,38)48-16-8-6-5-7-9-16;1-4-7(5-2)6-3/h5-9,13-15,17-18,20-23,26,29H,10-12H2,1-4H3,(H3,34,35,36,37,38);4-6H2,1-3H3/t15-,17-,18-,20-,21+,22-,23-,26-;/m1./s1. The third-order valence-electron chi connectivity index (χ3n) is 10.2. The molecule has 3 aliphatic heterocycles.